The molecule has 0 unspecified atom stereocenters. The fourth-order valence-electron chi connectivity index (χ4n) is 10.3. The number of carbonyl (C=O) groups is 4. The summed E-state index contributed by atoms with van der Waals surface area (Å²) in [6.07, 6.45) is 6.70. The van der Waals surface area contributed by atoms with Crippen LogP contribution in [-0.4, -0.2) is 79.1 Å². The fourth-order valence-corrected chi connectivity index (χ4v) is 13.2. The maximum Gasteiger partial charge on any atom is 0.417 e. The highest BCUT2D eigenvalue weighted by atomic mass is 35.5. The van der Waals surface area contributed by atoms with Gasteiger partial charge in [0.15, 0.2) is 0 Å². The highest BCUT2D eigenvalue weighted by Gasteiger charge is 2.47. The van der Waals surface area contributed by atoms with E-state index in [4.69, 9.17) is 25.8 Å². The van der Waals surface area contributed by atoms with Gasteiger partial charge in [-0.1, -0.05) is 72.3 Å². The van der Waals surface area contributed by atoms with Crippen LogP contribution in [0.4, 0.5) is 21.1 Å². The van der Waals surface area contributed by atoms with Crippen LogP contribution >= 0.6 is 34.3 Å². The second-order valence-corrected chi connectivity index (χ2v) is 20.3. The third kappa shape index (κ3) is 8.05. The van der Waals surface area contributed by atoms with Crippen molar-refractivity contribution in [1.29, 1.82) is 0 Å². The molecule has 2 fully saturated rings. The highest BCUT2D eigenvalue weighted by Crippen LogP contribution is 2.45. The summed E-state index contributed by atoms with van der Waals surface area (Å²) >= 11 is 9.41. The summed E-state index contributed by atoms with van der Waals surface area (Å²) in [5.74, 6) is 0.542. The van der Waals surface area contributed by atoms with Crippen LogP contribution in [0.15, 0.2) is 90.4 Å². The number of anilines is 2. The van der Waals surface area contributed by atoms with Crippen molar-refractivity contribution in [1.82, 2.24) is 29.7 Å². The van der Waals surface area contributed by atoms with E-state index < -0.39 is 24.4 Å². The number of hydrogen-bond acceptors (Lipinski definition) is 15. The van der Waals surface area contributed by atoms with Crippen molar-refractivity contribution in [2.45, 2.75) is 83.2 Å². The molecule has 69 heavy (non-hydrogen) atoms. The molecular weight excluding hydrogens is 936 g/mol. The maximum atomic E-state index is 13.7. The number of methoxy groups -OCH3 is 1. The van der Waals surface area contributed by atoms with Crippen molar-refractivity contribution >= 4 is 96.4 Å². The third-order valence-electron chi connectivity index (χ3n) is 13.8. The average molecular weight is 982 g/mol. The van der Waals surface area contributed by atoms with Crippen molar-refractivity contribution < 1.29 is 33.4 Å². The smallest absolute Gasteiger partial charge is 0.417 e. The second kappa shape index (κ2) is 18.3. The summed E-state index contributed by atoms with van der Waals surface area (Å²) in [7, 11) is 1.65. The first-order valence-corrected chi connectivity index (χ1v) is 24.9. The number of benzene rings is 3. The van der Waals surface area contributed by atoms with Crippen LogP contribution < -0.4 is 10.1 Å². The molecule has 0 spiro atoms. The Morgan fingerprint density at radius 2 is 1.28 bits per heavy atom. The molecule has 1 N–H and O–H groups in total. The van der Waals surface area contributed by atoms with Gasteiger partial charge in [-0.3, -0.25) is 14.6 Å². The molecule has 2 aliphatic carbocycles. The van der Waals surface area contributed by atoms with Crippen LogP contribution in [0.2, 0.25) is 5.15 Å². The SMILES string of the molecule is COc1cc2c(cc1Nc1ncnc3sc4c(c13)CC[C@H](C(=O)N1C(=O)O[C@H](c3ccccc3)[C@@H]1C)C4)C=NC2.C[C@H]1[C@@H](c2ccccc2)OC(=O)N1C(=O)[C@H]1CCc2c(sc3ncnc(Cl)c23)C1. The number of nitrogens with one attached hydrogen (secondary N) is 1. The van der Waals surface area contributed by atoms with Crippen molar-refractivity contribution in [2.24, 2.45) is 16.8 Å². The van der Waals surface area contributed by atoms with Gasteiger partial charge in [0.2, 0.25) is 11.8 Å². The topological polar surface area (TPSA) is 178 Å². The van der Waals surface area contributed by atoms with E-state index in [1.54, 1.807) is 36.1 Å². The molecule has 6 atom stereocenters. The van der Waals surface area contributed by atoms with Gasteiger partial charge in [0.05, 0.1) is 42.2 Å². The number of halogens is 1. The number of nitrogens with zero attached hydrogens (tertiary/aromatic N) is 7. The van der Waals surface area contributed by atoms with Crippen molar-refractivity contribution in [3.63, 3.8) is 0 Å². The number of imide groups is 2. The normalized spacial score (nSPS) is 22.4. The van der Waals surface area contributed by atoms with Crippen LogP contribution in [0, 0.1) is 11.8 Å². The molecule has 15 nitrogen and oxygen atoms in total. The molecule has 3 aliphatic heterocycles. The number of carbonyl (C=O) groups excluding carboxylic acids is 4. The summed E-state index contributed by atoms with van der Waals surface area (Å²) < 4.78 is 16.8. The van der Waals surface area contributed by atoms with Gasteiger partial charge in [0.1, 0.15) is 51.2 Å². The first kappa shape index (κ1) is 44.7. The van der Waals surface area contributed by atoms with Crippen molar-refractivity contribution in [2.75, 3.05) is 12.4 Å². The van der Waals surface area contributed by atoms with E-state index >= 15 is 0 Å². The summed E-state index contributed by atoms with van der Waals surface area (Å²) in [5, 5.41) is 5.81. The Hall–Kier alpha value is -6.82. The minimum Gasteiger partial charge on any atom is -0.495 e. The minimum absolute atomic E-state index is 0.166. The van der Waals surface area contributed by atoms with E-state index in [-0.39, 0.29) is 35.7 Å². The number of aryl methyl sites for hydroxylation is 2. The highest BCUT2D eigenvalue weighted by molar-refractivity contribution is 7.19. The molecule has 7 heterocycles. The van der Waals surface area contributed by atoms with Gasteiger partial charge in [-0.15, -0.1) is 22.7 Å². The molecule has 3 aromatic carbocycles. The quantitative estimate of drug-likeness (QED) is 0.150. The number of fused-ring (bicyclic) bond motifs is 7. The number of amides is 4. The molecule has 18 heteroatoms. The molecule has 7 aromatic rings. The number of cyclic esters (lactones) is 2. The Bertz CT molecular complexity index is 3220. The molecule has 350 valence electrons. The Balaban J connectivity index is 0.000000159. The average Bonchev–Trinajstić information content (AvgIpc) is 4.20. The predicted octanol–water partition coefficient (Wildman–Crippen LogP) is 10.1. The molecule has 0 radical (unpaired) electrons. The van der Waals surface area contributed by atoms with E-state index in [2.05, 4.69) is 30.2 Å². The summed E-state index contributed by atoms with van der Waals surface area (Å²) in [4.78, 5) is 80.7. The standard InChI is InChI=1S/C30H27N5O4S.C21H18ClN3O3S/c1-16-26(17-6-4-3-5-7-17)39-30(37)35(16)29(36)18-8-9-21-24(12-18)40-28-25(21)27(32-15-33-28)34-22-10-19-13-31-14-20(19)11-23(22)38-2;1-11-17(12-5-3-2-4-6-12)28-21(27)25(11)20(26)13-7-8-14-15(9-13)29-19-16(14)18(22)23-10-24-19/h3-7,10-11,13,15-16,18,26H,8-9,12,14H2,1-2H3,(H,32,33,34);2-6,10-11,13,17H,7-9H2,1H3/t16-,18-,26-;11-,13-,17-/m00/s1. The Kier molecular flexibility index (Phi) is 11.8. The van der Waals surface area contributed by atoms with Gasteiger partial charge in [-0.2, -0.15) is 0 Å². The number of aromatic nitrogens is 4. The van der Waals surface area contributed by atoms with E-state index in [0.29, 0.717) is 49.6 Å². The van der Waals surface area contributed by atoms with Gasteiger partial charge in [0, 0.05) is 27.8 Å². The van der Waals surface area contributed by atoms with Crippen molar-refractivity contribution in [3.8, 4) is 5.75 Å². The van der Waals surface area contributed by atoms with Gasteiger partial charge >= 0.3 is 12.2 Å². The number of rotatable bonds is 7. The zero-order valence-corrected chi connectivity index (χ0v) is 40.1. The van der Waals surface area contributed by atoms with E-state index in [1.165, 1.54) is 16.1 Å². The van der Waals surface area contributed by atoms with Gasteiger partial charge in [-0.05, 0) is 97.9 Å². The Morgan fingerprint density at radius 3 is 1.84 bits per heavy atom. The monoisotopic (exact) mass is 980 g/mol. The molecule has 5 aliphatic rings. The lowest BCUT2D eigenvalue weighted by atomic mass is 9.86. The fraction of sp³-hybridized carbons (Fsp3) is 0.314. The molecule has 2 saturated heterocycles. The molecule has 0 bridgehead atoms. The van der Waals surface area contributed by atoms with E-state index in [1.807, 2.05) is 92.9 Å². The third-order valence-corrected chi connectivity index (χ3v) is 16.4. The minimum atomic E-state index is -0.570. The number of aliphatic imine (C=N–C) groups is 1. The second-order valence-electron chi connectivity index (χ2n) is 17.8. The zero-order valence-electron chi connectivity index (χ0n) is 37.8. The van der Waals surface area contributed by atoms with Crippen LogP contribution in [0.25, 0.3) is 20.4 Å². The zero-order chi connectivity index (χ0) is 47.5. The molecule has 4 amide bonds. The first-order valence-electron chi connectivity index (χ1n) is 22.9. The molecule has 0 saturated carbocycles. The number of hydrogen-bond donors (Lipinski definition) is 1. The largest absolute Gasteiger partial charge is 0.495 e. The lowest BCUT2D eigenvalue weighted by Crippen LogP contribution is -2.43. The van der Waals surface area contributed by atoms with Crippen LogP contribution in [0.1, 0.15) is 82.0 Å². The lowest BCUT2D eigenvalue weighted by Gasteiger charge is -2.27. The Morgan fingerprint density at radius 1 is 0.739 bits per heavy atom. The summed E-state index contributed by atoms with van der Waals surface area (Å²) in [6, 6.07) is 22.4. The Labute approximate surface area is 409 Å². The van der Waals surface area contributed by atoms with Crippen LogP contribution in [0.3, 0.4) is 0 Å². The first-order chi connectivity index (χ1) is 33.6. The molecule has 12 rings (SSSR count). The van der Waals surface area contributed by atoms with Gasteiger partial charge in [0.25, 0.3) is 0 Å². The summed E-state index contributed by atoms with van der Waals surface area (Å²) in [5.41, 5.74) is 7.09. The summed E-state index contributed by atoms with van der Waals surface area (Å²) in [6.45, 7) is 4.40. The van der Waals surface area contributed by atoms with Crippen LogP contribution in [-0.2, 0) is 51.3 Å². The van der Waals surface area contributed by atoms with Gasteiger partial charge in [-0.25, -0.2) is 39.3 Å². The van der Waals surface area contributed by atoms with Gasteiger partial charge < -0.3 is 19.5 Å². The van der Waals surface area contributed by atoms with E-state index in [9.17, 15) is 19.2 Å². The number of ether oxygens (including phenoxy) is 3. The molecule has 4 aromatic heterocycles. The van der Waals surface area contributed by atoms with Crippen LogP contribution in [0.5, 0.6) is 5.75 Å². The predicted molar refractivity (Wildman–Crippen MR) is 262 cm³/mol. The van der Waals surface area contributed by atoms with Crippen molar-refractivity contribution in [3.05, 3.63) is 134 Å². The maximum absolute atomic E-state index is 13.7. The molecular formula is C51H45ClN8O7S2. The van der Waals surface area contributed by atoms with E-state index in [0.717, 1.165) is 81.4 Å². The lowest BCUT2D eigenvalue weighted by molar-refractivity contribution is -0.134. The number of thiophene rings is 2.